The number of nitrogens with one attached hydrogen (secondary N) is 1. The standard InChI is InChI=1S/C26H27ClN2O3/c1-16(2)32-25-14-22-21(13-24(25)31-4)23(30)15-29(20-11-9-19(28-3)10-12-20)26(22)17-5-7-18(27)8-6-17/h5-14,16,26,28H,15H2,1-4H3. The van der Waals surface area contributed by atoms with Crippen molar-refractivity contribution in [2.75, 3.05) is 30.9 Å². The number of carbonyl (C=O) groups is 1. The van der Waals surface area contributed by atoms with E-state index in [9.17, 15) is 4.79 Å². The van der Waals surface area contributed by atoms with Crippen LogP contribution >= 0.6 is 11.6 Å². The summed E-state index contributed by atoms with van der Waals surface area (Å²) in [7, 11) is 3.48. The van der Waals surface area contributed by atoms with Crippen LogP contribution < -0.4 is 19.7 Å². The van der Waals surface area contributed by atoms with Gasteiger partial charge in [0.25, 0.3) is 0 Å². The minimum Gasteiger partial charge on any atom is -0.493 e. The number of rotatable bonds is 6. The van der Waals surface area contributed by atoms with E-state index in [1.165, 1.54) is 0 Å². The predicted molar refractivity (Wildman–Crippen MR) is 130 cm³/mol. The molecular weight excluding hydrogens is 424 g/mol. The molecule has 1 aliphatic rings. The van der Waals surface area contributed by atoms with Crippen molar-refractivity contribution in [1.29, 1.82) is 0 Å². The Morgan fingerprint density at radius 1 is 1.03 bits per heavy atom. The fourth-order valence-corrected chi connectivity index (χ4v) is 4.24. The zero-order chi connectivity index (χ0) is 22.8. The summed E-state index contributed by atoms with van der Waals surface area (Å²) in [5.41, 5.74) is 4.56. The number of methoxy groups -OCH3 is 1. The molecule has 0 aliphatic carbocycles. The summed E-state index contributed by atoms with van der Waals surface area (Å²) in [6.45, 7) is 4.19. The van der Waals surface area contributed by atoms with Crippen molar-refractivity contribution < 1.29 is 14.3 Å². The number of anilines is 2. The zero-order valence-corrected chi connectivity index (χ0v) is 19.4. The number of carbonyl (C=O) groups excluding carboxylic acids is 1. The first-order valence-electron chi connectivity index (χ1n) is 10.6. The van der Waals surface area contributed by atoms with Crippen LogP contribution in [0.2, 0.25) is 5.02 Å². The molecule has 0 spiro atoms. The molecule has 3 aromatic rings. The van der Waals surface area contributed by atoms with Crippen LogP contribution in [0.3, 0.4) is 0 Å². The Morgan fingerprint density at radius 3 is 2.31 bits per heavy atom. The third-order valence-electron chi connectivity index (χ3n) is 5.59. The van der Waals surface area contributed by atoms with Crippen molar-refractivity contribution in [2.45, 2.75) is 26.0 Å². The number of hydrogen-bond acceptors (Lipinski definition) is 5. The van der Waals surface area contributed by atoms with Gasteiger partial charge in [-0.15, -0.1) is 0 Å². The molecule has 0 fully saturated rings. The van der Waals surface area contributed by atoms with Crippen molar-refractivity contribution >= 4 is 28.8 Å². The minimum atomic E-state index is -0.180. The summed E-state index contributed by atoms with van der Waals surface area (Å²) in [5, 5.41) is 3.81. The smallest absolute Gasteiger partial charge is 0.182 e. The predicted octanol–water partition coefficient (Wildman–Crippen LogP) is 5.97. The average molecular weight is 451 g/mol. The molecule has 0 aromatic heterocycles. The number of nitrogens with zero attached hydrogens (tertiary/aromatic N) is 1. The number of Topliss-reactive ketones (excluding diaryl/α,β-unsaturated/α-hetero) is 1. The van der Waals surface area contributed by atoms with Crippen LogP contribution in [0.5, 0.6) is 11.5 Å². The highest BCUT2D eigenvalue weighted by atomic mass is 35.5. The van der Waals surface area contributed by atoms with E-state index in [4.69, 9.17) is 21.1 Å². The third kappa shape index (κ3) is 4.26. The average Bonchev–Trinajstić information content (AvgIpc) is 2.79. The van der Waals surface area contributed by atoms with Crippen molar-refractivity contribution in [3.05, 3.63) is 82.4 Å². The first kappa shape index (κ1) is 22.0. The van der Waals surface area contributed by atoms with Gasteiger partial charge in [-0.05, 0) is 73.5 Å². The molecule has 0 radical (unpaired) electrons. The van der Waals surface area contributed by atoms with Gasteiger partial charge in [0.1, 0.15) is 0 Å². The monoisotopic (exact) mass is 450 g/mol. The first-order valence-corrected chi connectivity index (χ1v) is 11.0. The summed E-state index contributed by atoms with van der Waals surface area (Å²) in [6.07, 6.45) is -0.0274. The molecule has 1 unspecified atom stereocenters. The molecule has 32 heavy (non-hydrogen) atoms. The van der Waals surface area contributed by atoms with Crippen LogP contribution in [0.25, 0.3) is 0 Å². The zero-order valence-electron chi connectivity index (χ0n) is 18.7. The van der Waals surface area contributed by atoms with Gasteiger partial charge in [-0.2, -0.15) is 0 Å². The van der Waals surface area contributed by atoms with Crippen LogP contribution in [-0.4, -0.2) is 32.6 Å². The van der Waals surface area contributed by atoms with E-state index in [1.54, 1.807) is 13.2 Å². The van der Waals surface area contributed by atoms with Gasteiger partial charge in [0.15, 0.2) is 17.3 Å². The number of halogens is 1. The summed E-state index contributed by atoms with van der Waals surface area (Å²) in [5.74, 6) is 1.23. The molecule has 1 N–H and O–H groups in total. The highest BCUT2D eigenvalue weighted by Gasteiger charge is 2.35. The number of ether oxygens (including phenoxy) is 2. The van der Waals surface area contributed by atoms with Crippen LogP contribution in [0.1, 0.15) is 41.4 Å². The summed E-state index contributed by atoms with van der Waals surface area (Å²) in [4.78, 5) is 15.4. The van der Waals surface area contributed by atoms with E-state index >= 15 is 0 Å². The van der Waals surface area contributed by atoms with E-state index in [0.29, 0.717) is 22.1 Å². The van der Waals surface area contributed by atoms with E-state index in [-0.39, 0.29) is 24.5 Å². The molecule has 0 saturated heterocycles. The second-order valence-corrected chi connectivity index (χ2v) is 8.50. The molecule has 166 valence electrons. The van der Waals surface area contributed by atoms with Gasteiger partial charge in [0.05, 0.1) is 25.8 Å². The number of ketones is 1. The lowest BCUT2D eigenvalue weighted by molar-refractivity contribution is 0.0989. The topological polar surface area (TPSA) is 50.8 Å². The molecule has 6 heteroatoms. The highest BCUT2D eigenvalue weighted by molar-refractivity contribution is 6.30. The molecular formula is C26H27ClN2O3. The van der Waals surface area contributed by atoms with Gasteiger partial charge in [0.2, 0.25) is 0 Å². The van der Waals surface area contributed by atoms with Crippen molar-refractivity contribution in [3.63, 3.8) is 0 Å². The molecule has 1 atom stereocenters. The highest BCUT2D eigenvalue weighted by Crippen LogP contribution is 2.43. The Balaban J connectivity index is 1.90. The van der Waals surface area contributed by atoms with Gasteiger partial charge >= 0.3 is 0 Å². The molecule has 0 amide bonds. The second-order valence-electron chi connectivity index (χ2n) is 8.06. The fraction of sp³-hybridized carbons (Fsp3) is 0.269. The Bertz CT molecular complexity index is 1110. The second kappa shape index (κ2) is 9.13. The number of fused-ring (bicyclic) bond motifs is 1. The quantitative estimate of drug-likeness (QED) is 0.501. The number of benzene rings is 3. The summed E-state index contributed by atoms with van der Waals surface area (Å²) < 4.78 is 11.6. The summed E-state index contributed by atoms with van der Waals surface area (Å²) in [6, 6.07) is 19.4. The van der Waals surface area contributed by atoms with E-state index in [0.717, 1.165) is 22.5 Å². The van der Waals surface area contributed by atoms with Gasteiger partial charge in [-0.25, -0.2) is 0 Å². The maximum atomic E-state index is 13.3. The molecule has 5 nitrogen and oxygen atoms in total. The molecule has 0 saturated carbocycles. The maximum absolute atomic E-state index is 13.3. The SMILES string of the molecule is CNc1ccc(N2CC(=O)c3cc(OC)c(OC(C)C)cc3C2c2ccc(Cl)cc2)cc1. The molecule has 1 aliphatic heterocycles. The van der Waals surface area contributed by atoms with E-state index in [1.807, 2.05) is 75.5 Å². The largest absolute Gasteiger partial charge is 0.493 e. The molecule has 3 aromatic carbocycles. The Labute approximate surface area is 193 Å². The Kier molecular flexibility index (Phi) is 6.28. The normalized spacial score (nSPS) is 15.5. The van der Waals surface area contributed by atoms with Crippen LogP contribution in [0, 0.1) is 0 Å². The Morgan fingerprint density at radius 2 is 1.72 bits per heavy atom. The fourth-order valence-electron chi connectivity index (χ4n) is 4.11. The van der Waals surface area contributed by atoms with Crippen molar-refractivity contribution in [1.82, 2.24) is 0 Å². The van der Waals surface area contributed by atoms with Gasteiger partial charge in [0, 0.05) is 29.0 Å². The number of hydrogen-bond donors (Lipinski definition) is 1. The molecule has 4 rings (SSSR count). The molecule has 0 bridgehead atoms. The van der Waals surface area contributed by atoms with Gasteiger partial charge < -0.3 is 19.7 Å². The lowest BCUT2D eigenvalue weighted by Crippen LogP contribution is -2.40. The van der Waals surface area contributed by atoms with Crippen molar-refractivity contribution in [3.8, 4) is 11.5 Å². The van der Waals surface area contributed by atoms with Crippen molar-refractivity contribution in [2.24, 2.45) is 0 Å². The van der Waals surface area contributed by atoms with Gasteiger partial charge in [-0.3, -0.25) is 4.79 Å². The third-order valence-corrected chi connectivity index (χ3v) is 5.84. The van der Waals surface area contributed by atoms with Crippen LogP contribution in [-0.2, 0) is 0 Å². The van der Waals surface area contributed by atoms with Gasteiger partial charge in [-0.1, -0.05) is 23.7 Å². The van der Waals surface area contributed by atoms with Crippen LogP contribution in [0.4, 0.5) is 11.4 Å². The first-order chi connectivity index (χ1) is 15.4. The lowest BCUT2D eigenvalue weighted by Gasteiger charge is -2.39. The maximum Gasteiger partial charge on any atom is 0.182 e. The molecule has 1 heterocycles. The summed E-state index contributed by atoms with van der Waals surface area (Å²) >= 11 is 6.17. The van der Waals surface area contributed by atoms with Crippen LogP contribution in [0.15, 0.2) is 60.7 Å². The minimum absolute atomic E-state index is 0.0274. The van der Waals surface area contributed by atoms with E-state index in [2.05, 4.69) is 10.2 Å². The van der Waals surface area contributed by atoms with E-state index < -0.39 is 0 Å². The Hall–Kier alpha value is -3.18. The lowest BCUT2D eigenvalue weighted by atomic mass is 9.86.